The van der Waals surface area contributed by atoms with Crippen LogP contribution in [0.3, 0.4) is 0 Å². The normalized spacial score (nSPS) is 33.2. The van der Waals surface area contributed by atoms with Gasteiger partial charge >= 0.3 is 0 Å². The van der Waals surface area contributed by atoms with Crippen LogP contribution in [0.4, 0.5) is 0 Å². The zero-order valence-corrected chi connectivity index (χ0v) is 9.86. The molecule has 2 atom stereocenters. The molecule has 1 saturated carbocycles. The number of thiophene rings is 1. The average Bonchev–Trinajstić information content (AvgIpc) is 2.58. The number of hydrogen-bond acceptors (Lipinski definition) is 2. The number of aryl methyl sites for hydroxylation is 1. The molecule has 78 valence electrons. The molecule has 1 nitrogen and oxygen atoms in total. The maximum Gasteiger partial charge on any atom is 0.0443 e. The third-order valence-electron chi connectivity index (χ3n) is 3.62. The molecule has 2 rings (SSSR count). The quantitative estimate of drug-likeness (QED) is 0.753. The topological polar surface area (TPSA) is 26.0 Å². The van der Waals surface area contributed by atoms with E-state index in [0.29, 0.717) is 5.92 Å². The van der Waals surface area contributed by atoms with E-state index in [0.717, 1.165) is 6.42 Å². The van der Waals surface area contributed by atoms with Crippen molar-refractivity contribution in [1.29, 1.82) is 0 Å². The summed E-state index contributed by atoms with van der Waals surface area (Å²) in [7, 11) is 0. The third kappa shape index (κ3) is 1.61. The van der Waals surface area contributed by atoms with Gasteiger partial charge in [-0.25, -0.2) is 0 Å². The van der Waals surface area contributed by atoms with E-state index in [-0.39, 0.29) is 5.54 Å². The van der Waals surface area contributed by atoms with Crippen LogP contribution < -0.4 is 5.73 Å². The Bertz CT molecular complexity index is 318. The van der Waals surface area contributed by atoms with E-state index in [1.165, 1.54) is 29.7 Å². The molecule has 1 aromatic heterocycles. The van der Waals surface area contributed by atoms with Crippen molar-refractivity contribution in [2.24, 2.45) is 11.7 Å². The molecule has 1 aromatic rings. The summed E-state index contributed by atoms with van der Waals surface area (Å²) in [5.41, 5.74) is 7.87. The van der Waals surface area contributed by atoms with Crippen molar-refractivity contribution in [3.8, 4) is 0 Å². The Morgan fingerprint density at radius 2 is 2.29 bits per heavy atom. The van der Waals surface area contributed by atoms with Gasteiger partial charge in [0.25, 0.3) is 0 Å². The van der Waals surface area contributed by atoms with Crippen LogP contribution >= 0.6 is 11.3 Å². The monoisotopic (exact) mass is 209 g/mol. The largest absolute Gasteiger partial charge is 0.321 e. The molecule has 0 bridgehead atoms. The first kappa shape index (κ1) is 10.2. The first-order valence-electron chi connectivity index (χ1n) is 5.47. The van der Waals surface area contributed by atoms with Crippen molar-refractivity contribution >= 4 is 11.3 Å². The van der Waals surface area contributed by atoms with Crippen LogP contribution in [-0.2, 0) is 5.54 Å². The molecule has 14 heavy (non-hydrogen) atoms. The maximum absolute atomic E-state index is 6.54. The minimum absolute atomic E-state index is 0.0387. The lowest BCUT2D eigenvalue weighted by atomic mass is 9.71. The molecule has 1 aliphatic rings. The summed E-state index contributed by atoms with van der Waals surface area (Å²) in [4.78, 5) is 1.38. The summed E-state index contributed by atoms with van der Waals surface area (Å²) in [5.74, 6) is 0.630. The van der Waals surface area contributed by atoms with E-state index in [9.17, 15) is 0 Å². The predicted molar refractivity (Wildman–Crippen MR) is 62.6 cm³/mol. The number of nitrogens with two attached hydrogens (primary N) is 1. The molecule has 2 N–H and O–H groups in total. The molecule has 2 heteroatoms. The van der Waals surface area contributed by atoms with E-state index >= 15 is 0 Å². The van der Waals surface area contributed by atoms with Crippen LogP contribution in [0.1, 0.15) is 43.0 Å². The van der Waals surface area contributed by atoms with Gasteiger partial charge in [-0.2, -0.15) is 0 Å². The molecule has 1 heterocycles. The molecular formula is C12H19NS. The second-order valence-corrected chi connectivity index (χ2v) is 5.75. The second kappa shape index (κ2) is 3.67. The smallest absolute Gasteiger partial charge is 0.0443 e. The highest BCUT2D eigenvalue weighted by Crippen LogP contribution is 2.40. The van der Waals surface area contributed by atoms with E-state index in [1.54, 1.807) is 0 Å². The van der Waals surface area contributed by atoms with Gasteiger partial charge in [0.05, 0.1) is 0 Å². The average molecular weight is 209 g/mol. The molecule has 0 amide bonds. The Hall–Kier alpha value is -0.340. The molecule has 0 radical (unpaired) electrons. The van der Waals surface area contributed by atoms with E-state index in [2.05, 4.69) is 25.3 Å². The van der Waals surface area contributed by atoms with E-state index in [1.807, 2.05) is 11.3 Å². The fourth-order valence-electron chi connectivity index (χ4n) is 2.49. The summed E-state index contributed by atoms with van der Waals surface area (Å²) in [6.07, 6.45) is 5.08. The number of rotatable bonds is 1. The van der Waals surface area contributed by atoms with E-state index in [4.69, 9.17) is 5.73 Å². The molecule has 1 aliphatic carbocycles. The van der Waals surface area contributed by atoms with Crippen LogP contribution in [0.2, 0.25) is 0 Å². The zero-order valence-electron chi connectivity index (χ0n) is 9.05. The van der Waals surface area contributed by atoms with Crippen LogP contribution in [0.25, 0.3) is 0 Å². The van der Waals surface area contributed by atoms with Crippen LogP contribution in [-0.4, -0.2) is 0 Å². The summed E-state index contributed by atoms with van der Waals surface area (Å²) < 4.78 is 0. The second-order valence-electron chi connectivity index (χ2n) is 4.63. The highest BCUT2D eigenvalue weighted by Gasteiger charge is 2.36. The lowest BCUT2D eigenvalue weighted by Crippen LogP contribution is -2.44. The van der Waals surface area contributed by atoms with Gasteiger partial charge in [0.15, 0.2) is 0 Å². The van der Waals surface area contributed by atoms with Crippen LogP contribution in [0.15, 0.2) is 11.4 Å². The molecule has 0 saturated heterocycles. The molecule has 0 aromatic carbocycles. The summed E-state index contributed by atoms with van der Waals surface area (Å²) in [6.45, 7) is 4.46. The number of hydrogen-bond donors (Lipinski definition) is 1. The molecule has 0 aliphatic heterocycles. The van der Waals surface area contributed by atoms with Gasteiger partial charge < -0.3 is 5.73 Å². The minimum atomic E-state index is -0.0387. The van der Waals surface area contributed by atoms with Gasteiger partial charge in [-0.1, -0.05) is 19.8 Å². The van der Waals surface area contributed by atoms with Crippen molar-refractivity contribution in [2.45, 2.75) is 45.1 Å². The Kier molecular flexibility index (Phi) is 2.67. The Morgan fingerprint density at radius 3 is 2.86 bits per heavy atom. The van der Waals surface area contributed by atoms with Gasteiger partial charge in [-0.15, -0.1) is 11.3 Å². The fourth-order valence-corrected chi connectivity index (χ4v) is 3.28. The molecule has 0 spiro atoms. The third-order valence-corrected chi connectivity index (χ3v) is 4.49. The van der Waals surface area contributed by atoms with Crippen molar-refractivity contribution < 1.29 is 0 Å². The van der Waals surface area contributed by atoms with Crippen molar-refractivity contribution in [2.75, 3.05) is 0 Å². The lowest BCUT2D eigenvalue weighted by Gasteiger charge is -2.39. The highest BCUT2D eigenvalue weighted by atomic mass is 32.1. The molecule has 2 unspecified atom stereocenters. The van der Waals surface area contributed by atoms with Crippen LogP contribution in [0.5, 0.6) is 0 Å². The fraction of sp³-hybridized carbons (Fsp3) is 0.667. The van der Waals surface area contributed by atoms with Gasteiger partial charge in [-0.05, 0) is 42.7 Å². The van der Waals surface area contributed by atoms with Gasteiger partial charge in [0.2, 0.25) is 0 Å². The first-order chi connectivity index (χ1) is 6.63. The van der Waals surface area contributed by atoms with Gasteiger partial charge in [0, 0.05) is 10.4 Å². The Morgan fingerprint density at radius 1 is 1.50 bits per heavy atom. The Balaban J connectivity index is 2.29. The van der Waals surface area contributed by atoms with Gasteiger partial charge in [0.1, 0.15) is 0 Å². The predicted octanol–water partition coefficient (Wildman–Crippen LogP) is 3.42. The summed E-state index contributed by atoms with van der Waals surface area (Å²) >= 11 is 1.82. The van der Waals surface area contributed by atoms with Crippen LogP contribution in [0, 0.1) is 12.8 Å². The minimum Gasteiger partial charge on any atom is -0.321 e. The molecule has 1 fully saturated rings. The maximum atomic E-state index is 6.54. The SMILES string of the molecule is Cc1cc(C2(N)CCCCC2C)cs1. The van der Waals surface area contributed by atoms with Crippen molar-refractivity contribution in [3.05, 3.63) is 21.9 Å². The van der Waals surface area contributed by atoms with Crippen molar-refractivity contribution in [1.82, 2.24) is 0 Å². The van der Waals surface area contributed by atoms with Gasteiger partial charge in [-0.3, -0.25) is 0 Å². The Labute approximate surface area is 90.3 Å². The molecular weight excluding hydrogens is 190 g/mol. The summed E-state index contributed by atoms with van der Waals surface area (Å²) in [5, 5.41) is 2.25. The first-order valence-corrected chi connectivity index (χ1v) is 6.35. The highest BCUT2D eigenvalue weighted by molar-refractivity contribution is 7.10. The lowest BCUT2D eigenvalue weighted by molar-refractivity contribution is 0.207. The zero-order chi connectivity index (χ0) is 10.2. The van der Waals surface area contributed by atoms with E-state index < -0.39 is 0 Å². The van der Waals surface area contributed by atoms with Crippen molar-refractivity contribution in [3.63, 3.8) is 0 Å². The summed E-state index contributed by atoms with van der Waals surface area (Å²) in [6, 6.07) is 2.27. The standard InChI is InChI=1S/C12H19NS/c1-9-5-3-4-6-12(9,13)11-7-10(2)14-8-11/h7-9H,3-6,13H2,1-2H3.